The first-order valence-corrected chi connectivity index (χ1v) is 10.5. The highest BCUT2D eigenvalue weighted by atomic mass is 16.6. The minimum atomic E-state index is -0.471. The van der Waals surface area contributed by atoms with E-state index in [4.69, 9.17) is 14.5 Å². The summed E-state index contributed by atoms with van der Waals surface area (Å²) in [6, 6.07) is 2.79. The molecule has 1 unspecified atom stereocenters. The Morgan fingerprint density at radius 1 is 1.29 bits per heavy atom. The number of aromatic nitrogens is 1. The van der Waals surface area contributed by atoms with Crippen molar-refractivity contribution in [1.82, 2.24) is 9.88 Å². The lowest BCUT2D eigenvalue weighted by Crippen LogP contribution is -2.58. The lowest BCUT2D eigenvalue weighted by molar-refractivity contribution is 0.0191. The molecule has 1 aliphatic carbocycles. The van der Waals surface area contributed by atoms with E-state index in [2.05, 4.69) is 24.8 Å². The molecule has 0 spiro atoms. The second-order valence-corrected chi connectivity index (χ2v) is 9.64. The van der Waals surface area contributed by atoms with Gasteiger partial charge in [-0.2, -0.15) is 0 Å². The Hall–Kier alpha value is -1.82. The molecule has 2 aliphatic heterocycles. The molecule has 1 aromatic rings. The standard InChI is InChI=1S/C22H33N3O3/c1-13-11-24(21(26)28-22(3,4)5)12-17-9-16-10-18(19(27-6)15-7-8-15)14(2)23-20(16)25(13)17/h10,13,15,17,19H,7-9,11-12H2,1-6H3/t13-,17-,19?/m1/s1. The van der Waals surface area contributed by atoms with E-state index < -0.39 is 5.60 Å². The summed E-state index contributed by atoms with van der Waals surface area (Å²) < 4.78 is 11.4. The maximum absolute atomic E-state index is 12.6. The fourth-order valence-corrected chi connectivity index (χ4v) is 4.74. The highest BCUT2D eigenvalue weighted by Crippen LogP contribution is 2.45. The molecule has 1 aromatic heterocycles. The highest BCUT2D eigenvalue weighted by molar-refractivity contribution is 5.69. The molecule has 3 heterocycles. The van der Waals surface area contributed by atoms with Crippen molar-refractivity contribution in [3.63, 3.8) is 0 Å². The van der Waals surface area contributed by atoms with Crippen LogP contribution in [0, 0.1) is 12.8 Å². The van der Waals surface area contributed by atoms with Crippen LogP contribution in [0.4, 0.5) is 10.6 Å². The third-order valence-electron chi connectivity index (χ3n) is 6.05. The minimum Gasteiger partial charge on any atom is -0.444 e. The van der Waals surface area contributed by atoms with Gasteiger partial charge in [-0.15, -0.1) is 0 Å². The van der Waals surface area contributed by atoms with Gasteiger partial charge in [0.2, 0.25) is 0 Å². The summed E-state index contributed by atoms with van der Waals surface area (Å²) in [6.45, 7) is 11.4. The summed E-state index contributed by atoms with van der Waals surface area (Å²) in [6.07, 6.45) is 3.34. The number of hydrogen-bond donors (Lipinski definition) is 0. The molecule has 0 radical (unpaired) electrons. The van der Waals surface area contributed by atoms with Gasteiger partial charge in [0.15, 0.2) is 0 Å². The molecule has 1 amide bonds. The number of hydrogen-bond acceptors (Lipinski definition) is 5. The van der Waals surface area contributed by atoms with Gasteiger partial charge in [0.05, 0.1) is 12.1 Å². The predicted octanol–water partition coefficient (Wildman–Crippen LogP) is 3.86. The van der Waals surface area contributed by atoms with E-state index in [-0.39, 0.29) is 24.3 Å². The Balaban J connectivity index is 1.56. The lowest BCUT2D eigenvalue weighted by atomic mass is 10.0. The van der Waals surface area contributed by atoms with Crippen LogP contribution in [0.25, 0.3) is 0 Å². The second kappa shape index (κ2) is 6.90. The van der Waals surface area contributed by atoms with Crippen LogP contribution in [0.5, 0.6) is 0 Å². The Bertz CT molecular complexity index is 769. The Morgan fingerprint density at radius 2 is 2.00 bits per heavy atom. The molecule has 0 bridgehead atoms. The maximum atomic E-state index is 12.6. The molecule has 0 N–H and O–H groups in total. The van der Waals surface area contributed by atoms with E-state index in [0.29, 0.717) is 19.0 Å². The zero-order chi connectivity index (χ0) is 20.2. The van der Waals surface area contributed by atoms with Crippen LogP contribution in [0.3, 0.4) is 0 Å². The average molecular weight is 388 g/mol. The number of carbonyl (C=O) groups excluding carboxylic acids is 1. The van der Waals surface area contributed by atoms with E-state index in [1.54, 1.807) is 7.11 Å². The second-order valence-electron chi connectivity index (χ2n) is 9.64. The van der Waals surface area contributed by atoms with Crippen molar-refractivity contribution >= 4 is 11.9 Å². The number of fused-ring (bicyclic) bond motifs is 3. The zero-order valence-electron chi connectivity index (χ0n) is 18.0. The first kappa shape index (κ1) is 19.5. The van der Waals surface area contributed by atoms with Gasteiger partial charge in [-0.3, -0.25) is 0 Å². The average Bonchev–Trinajstić information content (AvgIpc) is 3.35. The summed E-state index contributed by atoms with van der Waals surface area (Å²) in [4.78, 5) is 21.9. The number of carbonyl (C=O) groups is 1. The van der Waals surface area contributed by atoms with E-state index in [0.717, 1.165) is 17.9 Å². The van der Waals surface area contributed by atoms with Gasteiger partial charge in [-0.1, -0.05) is 0 Å². The summed E-state index contributed by atoms with van der Waals surface area (Å²) in [5.74, 6) is 1.72. The van der Waals surface area contributed by atoms with Crippen molar-refractivity contribution in [2.24, 2.45) is 5.92 Å². The molecule has 3 aliphatic rings. The molecular weight excluding hydrogens is 354 g/mol. The van der Waals surface area contributed by atoms with Crippen molar-refractivity contribution in [3.05, 3.63) is 22.9 Å². The highest BCUT2D eigenvalue weighted by Gasteiger charge is 2.42. The fraction of sp³-hybridized carbons (Fsp3) is 0.727. The van der Waals surface area contributed by atoms with Crippen molar-refractivity contribution in [2.45, 2.75) is 77.7 Å². The van der Waals surface area contributed by atoms with Gasteiger partial charge in [0, 0.05) is 37.5 Å². The molecule has 154 valence electrons. The number of rotatable bonds is 3. The molecule has 4 rings (SSSR count). The summed E-state index contributed by atoms with van der Waals surface area (Å²) in [7, 11) is 1.81. The van der Waals surface area contributed by atoms with Crippen LogP contribution in [0.1, 0.15) is 63.5 Å². The molecule has 0 aromatic carbocycles. The first-order valence-electron chi connectivity index (χ1n) is 10.5. The smallest absolute Gasteiger partial charge is 0.410 e. The van der Waals surface area contributed by atoms with Crippen LogP contribution >= 0.6 is 0 Å². The fourth-order valence-electron chi connectivity index (χ4n) is 4.74. The molecule has 3 atom stereocenters. The van der Waals surface area contributed by atoms with Crippen LogP contribution < -0.4 is 4.90 Å². The quantitative estimate of drug-likeness (QED) is 0.788. The lowest BCUT2D eigenvalue weighted by Gasteiger charge is -2.43. The molecular formula is C22H33N3O3. The Kier molecular flexibility index (Phi) is 4.81. The van der Waals surface area contributed by atoms with Gasteiger partial charge >= 0.3 is 6.09 Å². The van der Waals surface area contributed by atoms with Crippen LogP contribution in [-0.4, -0.2) is 53.9 Å². The molecule has 1 saturated heterocycles. The monoisotopic (exact) mass is 387 g/mol. The summed E-state index contributed by atoms with van der Waals surface area (Å²) >= 11 is 0. The predicted molar refractivity (Wildman–Crippen MR) is 109 cm³/mol. The van der Waals surface area contributed by atoms with Crippen LogP contribution in [0.2, 0.25) is 0 Å². The number of amides is 1. The summed E-state index contributed by atoms with van der Waals surface area (Å²) in [5, 5.41) is 0. The third kappa shape index (κ3) is 3.59. The largest absolute Gasteiger partial charge is 0.444 e. The van der Waals surface area contributed by atoms with Crippen molar-refractivity contribution in [2.75, 3.05) is 25.1 Å². The van der Waals surface area contributed by atoms with Gasteiger partial charge in [0.25, 0.3) is 0 Å². The normalized spacial score (nSPS) is 25.4. The molecule has 2 fully saturated rings. The van der Waals surface area contributed by atoms with E-state index in [9.17, 15) is 4.79 Å². The van der Waals surface area contributed by atoms with Crippen molar-refractivity contribution < 1.29 is 14.3 Å². The zero-order valence-corrected chi connectivity index (χ0v) is 18.0. The van der Waals surface area contributed by atoms with Crippen molar-refractivity contribution in [1.29, 1.82) is 0 Å². The molecule has 6 nitrogen and oxygen atoms in total. The Labute approximate surface area is 168 Å². The third-order valence-corrected chi connectivity index (χ3v) is 6.05. The number of nitrogens with zero attached hydrogens (tertiary/aromatic N) is 3. The number of pyridine rings is 1. The van der Waals surface area contributed by atoms with E-state index in [1.807, 2.05) is 25.7 Å². The number of aryl methyl sites for hydroxylation is 1. The van der Waals surface area contributed by atoms with Crippen LogP contribution in [-0.2, 0) is 15.9 Å². The molecule has 1 saturated carbocycles. The SMILES string of the molecule is COC(c1cc2c(nc1C)N1[C@H](C2)CN(C(=O)OC(C)(C)C)C[C@H]1C)C1CC1. The Morgan fingerprint density at radius 3 is 2.61 bits per heavy atom. The minimum absolute atomic E-state index is 0.158. The van der Waals surface area contributed by atoms with E-state index in [1.165, 1.54) is 24.0 Å². The number of ether oxygens (including phenoxy) is 2. The van der Waals surface area contributed by atoms with E-state index >= 15 is 0 Å². The molecule has 28 heavy (non-hydrogen) atoms. The van der Waals surface area contributed by atoms with Gasteiger partial charge in [-0.05, 0) is 71.4 Å². The number of anilines is 1. The number of methoxy groups -OCH3 is 1. The van der Waals surface area contributed by atoms with Gasteiger partial charge < -0.3 is 19.3 Å². The maximum Gasteiger partial charge on any atom is 0.410 e. The van der Waals surface area contributed by atoms with Gasteiger partial charge in [-0.25, -0.2) is 9.78 Å². The van der Waals surface area contributed by atoms with Gasteiger partial charge in [0.1, 0.15) is 11.4 Å². The molecule has 6 heteroatoms. The topological polar surface area (TPSA) is 54.9 Å². The van der Waals surface area contributed by atoms with Crippen molar-refractivity contribution in [3.8, 4) is 0 Å². The first-order chi connectivity index (χ1) is 13.2. The van der Waals surface area contributed by atoms with Crippen LogP contribution in [0.15, 0.2) is 6.07 Å². The number of piperazine rings is 1. The summed E-state index contributed by atoms with van der Waals surface area (Å²) in [5.41, 5.74) is 3.12.